The summed E-state index contributed by atoms with van der Waals surface area (Å²) in [5, 5.41) is 19.9. The monoisotopic (exact) mass is 563 g/mol. The Morgan fingerprint density at radius 3 is 2.95 bits per heavy atom. The van der Waals surface area contributed by atoms with Gasteiger partial charge in [-0.1, -0.05) is 5.16 Å². The molecule has 2 amide bonds. The van der Waals surface area contributed by atoms with E-state index in [0.717, 1.165) is 21.9 Å². The zero-order valence-corrected chi connectivity index (χ0v) is 21.4. The van der Waals surface area contributed by atoms with Crippen LogP contribution in [0.1, 0.15) is 5.69 Å². The molecule has 3 aromatic rings. The van der Waals surface area contributed by atoms with Gasteiger partial charge in [-0.15, -0.1) is 23.1 Å². The lowest BCUT2D eigenvalue weighted by Crippen LogP contribution is -2.71. The van der Waals surface area contributed by atoms with E-state index >= 15 is 0 Å². The largest absolute Gasteiger partial charge is 0.543 e. The molecule has 3 N–H and O–H groups in total. The highest BCUT2D eigenvalue weighted by Crippen LogP contribution is 2.40. The van der Waals surface area contributed by atoms with Gasteiger partial charge in [0.05, 0.1) is 11.7 Å². The number of oxime groups is 1. The Kier molecular flexibility index (Phi) is 6.66. The standard InChI is InChI=1S/C21H18ClN7O6S2/c1-34-26-14(10-7-37-21(23)24-10)17(30)25-15-18(31)29-16(20(32)33)11(8-36-19(15)29)35-9-27-5-6-28-12(22)3-2-4-13(27)28/h2-7,15,19H,8-9H2,1H3,(H3-,23,24,25,30,32,33)/b26-14-/t15-,19-/m1/s1. The molecule has 37 heavy (non-hydrogen) atoms. The molecule has 0 saturated carbocycles. The number of ether oxygens (including phenoxy) is 1. The quantitative estimate of drug-likeness (QED) is 0.118. The number of nitrogens with zero attached hydrogens (tertiary/aromatic N) is 5. The second-order valence-corrected chi connectivity index (χ2v) is 10.1. The molecule has 0 unspecified atom stereocenters. The van der Waals surface area contributed by atoms with Crippen LogP contribution < -0.4 is 20.6 Å². The molecule has 2 aliphatic heterocycles. The minimum absolute atomic E-state index is 0.0238. The van der Waals surface area contributed by atoms with Gasteiger partial charge in [-0.3, -0.25) is 14.5 Å². The van der Waals surface area contributed by atoms with Gasteiger partial charge in [0, 0.05) is 11.4 Å². The van der Waals surface area contributed by atoms with Crippen LogP contribution in [0.3, 0.4) is 0 Å². The number of rotatable bonds is 8. The Morgan fingerprint density at radius 2 is 2.24 bits per heavy atom. The number of carboxylic acids is 1. The Bertz CT molecular complexity index is 1480. The topological polar surface area (TPSA) is 168 Å². The number of β-lactam (4-membered cyclic amide) rings is 1. The molecule has 13 nitrogen and oxygen atoms in total. The number of aliphatic carboxylic acids is 1. The van der Waals surface area contributed by atoms with Crippen molar-refractivity contribution in [3.63, 3.8) is 0 Å². The highest BCUT2D eigenvalue weighted by molar-refractivity contribution is 8.00. The number of aromatic nitrogens is 3. The highest BCUT2D eigenvalue weighted by atomic mass is 35.5. The number of fused-ring (bicyclic) bond motifs is 2. The molecule has 0 spiro atoms. The van der Waals surface area contributed by atoms with Gasteiger partial charge in [0.2, 0.25) is 6.73 Å². The van der Waals surface area contributed by atoms with Crippen molar-refractivity contribution in [2.24, 2.45) is 5.16 Å². The highest BCUT2D eigenvalue weighted by Gasteiger charge is 2.53. The second kappa shape index (κ2) is 9.91. The SMILES string of the molecule is CO/N=C(\C(=O)N[C@@H]1C(=O)N2C(C(=O)[O-])=C(OCn3cc[n+]4c(Cl)cccc34)CS[C@H]12)c1csc(N)n1. The molecule has 0 aliphatic carbocycles. The molecule has 192 valence electrons. The number of nitrogens with one attached hydrogen (secondary N) is 1. The van der Waals surface area contributed by atoms with E-state index in [2.05, 4.69) is 15.5 Å². The molecular weight excluding hydrogens is 546 g/mol. The maximum atomic E-state index is 12.9. The fourth-order valence-electron chi connectivity index (χ4n) is 3.94. The van der Waals surface area contributed by atoms with Crippen molar-refractivity contribution in [2.75, 3.05) is 18.6 Å². The molecular formula is C21H18ClN7O6S2. The number of carboxylic acid groups (broad SMARTS) is 1. The smallest absolute Gasteiger partial charge is 0.290 e. The van der Waals surface area contributed by atoms with Gasteiger partial charge in [-0.2, -0.15) is 8.97 Å². The Morgan fingerprint density at radius 1 is 1.43 bits per heavy atom. The average Bonchev–Trinajstić information content (AvgIpc) is 3.50. The van der Waals surface area contributed by atoms with Gasteiger partial charge in [0.1, 0.15) is 48.1 Å². The lowest BCUT2D eigenvalue weighted by atomic mass is 10.0. The van der Waals surface area contributed by atoms with Crippen molar-refractivity contribution in [1.82, 2.24) is 19.8 Å². The summed E-state index contributed by atoms with van der Waals surface area (Å²) in [7, 11) is 1.26. The number of nitrogens with two attached hydrogens (primary N) is 1. The van der Waals surface area contributed by atoms with Crippen LogP contribution in [-0.2, 0) is 30.7 Å². The van der Waals surface area contributed by atoms with Crippen LogP contribution in [0.25, 0.3) is 5.65 Å². The van der Waals surface area contributed by atoms with Gasteiger partial charge in [0.25, 0.3) is 17.5 Å². The minimum Gasteiger partial charge on any atom is -0.543 e. The molecule has 3 aromatic heterocycles. The first-order valence-electron chi connectivity index (χ1n) is 10.6. The second-order valence-electron chi connectivity index (χ2n) is 7.73. The molecule has 2 aliphatic rings. The van der Waals surface area contributed by atoms with E-state index in [1.165, 1.54) is 24.3 Å². The predicted octanol–water partition coefficient (Wildman–Crippen LogP) is -0.695. The number of thiazole rings is 1. The van der Waals surface area contributed by atoms with E-state index in [1.807, 2.05) is 6.07 Å². The summed E-state index contributed by atoms with van der Waals surface area (Å²) in [4.78, 5) is 47.6. The first-order chi connectivity index (χ1) is 17.8. The van der Waals surface area contributed by atoms with Crippen LogP contribution in [0.2, 0.25) is 5.15 Å². The van der Waals surface area contributed by atoms with Crippen LogP contribution in [0, 0.1) is 0 Å². The zero-order valence-electron chi connectivity index (χ0n) is 19.0. The zero-order chi connectivity index (χ0) is 26.3. The maximum Gasteiger partial charge on any atom is 0.290 e. The summed E-state index contributed by atoms with van der Waals surface area (Å²) in [6.45, 7) is -0.0238. The molecule has 5 rings (SSSR count). The molecule has 0 bridgehead atoms. The number of anilines is 1. The van der Waals surface area contributed by atoms with Gasteiger partial charge >= 0.3 is 0 Å². The van der Waals surface area contributed by atoms with Crippen molar-refractivity contribution in [3.05, 3.63) is 58.3 Å². The van der Waals surface area contributed by atoms with E-state index in [4.69, 9.17) is 26.9 Å². The summed E-state index contributed by atoms with van der Waals surface area (Å²) in [6, 6.07) is 4.33. The molecule has 1 fully saturated rings. The van der Waals surface area contributed by atoms with Crippen molar-refractivity contribution in [3.8, 4) is 0 Å². The van der Waals surface area contributed by atoms with E-state index in [1.54, 1.807) is 33.5 Å². The number of amides is 2. The maximum absolute atomic E-state index is 12.9. The van der Waals surface area contributed by atoms with Crippen molar-refractivity contribution >= 4 is 69.0 Å². The minimum atomic E-state index is -1.56. The van der Waals surface area contributed by atoms with Crippen molar-refractivity contribution in [2.45, 2.75) is 18.1 Å². The van der Waals surface area contributed by atoms with Gasteiger partial charge < -0.3 is 30.5 Å². The van der Waals surface area contributed by atoms with Crippen molar-refractivity contribution < 1.29 is 33.5 Å². The van der Waals surface area contributed by atoms with Gasteiger partial charge in [0.15, 0.2) is 16.0 Å². The molecule has 1 saturated heterocycles. The molecule has 0 aromatic carbocycles. The predicted molar refractivity (Wildman–Crippen MR) is 131 cm³/mol. The summed E-state index contributed by atoms with van der Waals surface area (Å²) in [6.07, 6.45) is 3.47. The summed E-state index contributed by atoms with van der Waals surface area (Å²) >= 11 is 8.53. The molecule has 16 heteroatoms. The lowest BCUT2D eigenvalue weighted by Gasteiger charge is -2.50. The third kappa shape index (κ3) is 4.45. The van der Waals surface area contributed by atoms with E-state index in [9.17, 15) is 19.5 Å². The number of carbonyl (C=O) groups is 3. The van der Waals surface area contributed by atoms with Gasteiger partial charge in [-0.25, -0.2) is 4.98 Å². The number of thioether (sulfide) groups is 1. The summed E-state index contributed by atoms with van der Waals surface area (Å²) < 4.78 is 9.27. The van der Waals surface area contributed by atoms with Crippen LogP contribution in [0.5, 0.6) is 0 Å². The number of hydrogen-bond donors (Lipinski definition) is 2. The molecule has 0 radical (unpaired) electrons. The third-order valence-electron chi connectivity index (χ3n) is 5.60. The van der Waals surface area contributed by atoms with E-state index in [-0.39, 0.29) is 40.5 Å². The number of halogens is 1. The van der Waals surface area contributed by atoms with Gasteiger partial charge in [-0.05, 0) is 23.7 Å². The first-order valence-corrected chi connectivity index (χ1v) is 12.9. The third-order valence-corrected chi connectivity index (χ3v) is 7.83. The van der Waals surface area contributed by atoms with Crippen LogP contribution in [-0.4, -0.2) is 62.2 Å². The van der Waals surface area contributed by atoms with Crippen LogP contribution in [0.4, 0.5) is 5.13 Å². The fourth-order valence-corrected chi connectivity index (χ4v) is 5.98. The number of imidazole rings is 1. The lowest BCUT2D eigenvalue weighted by molar-refractivity contribution is -0.508. The Balaban J connectivity index is 1.32. The van der Waals surface area contributed by atoms with Crippen LogP contribution in [0.15, 0.2) is 52.6 Å². The number of carbonyl (C=O) groups excluding carboxylic acids is 3. The fraction of sp³-hybridized carbons (Fsp3) is 0.238. The Hall–Kier alpha value is -3.82. The number of pyridine rings is 1. The Labute approximate surface area is 222 Å². The van der Waals surface area contributed by atoms with Crippen molar-refractivity contribution in [1.29, 1.82) is 0 Å². The average molecular weight is 564 g/mol. The summed E-state index contributed by atoms with van der Waals surface area (Å²) in [5.41, 5.74) is 6.00. The normalized spacial score (nSPS) is 19.5. The first kappa shape index (κ1) is 24.9. The van der Waals surface area contributed by atoms with E-state index in [0.29, 0.717) is 5.15 Å². The summed E-state index contributed by atoms with van der Waals surface area (Å²) in [5.74, 6) is -2.70. The van der Waals surface area contributed by atoms with Crippen LogP contribution >= 0.6 is 34.7 Å². The number of nitrogen functional groups attached to an aromatic ring is 1. The number of hydrogen-bond acceptors (Lipinski definition) is 11. The van der Waals surface area contributed by atoms with E-state index < -0.39 is 29.2 Å². The molecule has 2 atom stereocenters. The molecule has 5 heterocycles.